The maximum absolute atomic E-state index is 12.6. The van der Waals surface area contributed by atoms with Crippen molar-refractivity contribution in [3.05, 3.63) is 59.7 Å². The van der Waals surface area contributed by atoms with Gasteiger partial charge in [-0.05, 0) is 29.2 Å². The van der Waals surface area contributed by atoms with Crippen molar-refractivity contribution in [3.63, 3.8) is 0 Å². The summed E-state index contributed by atoms with van der Waals surface area (Å²) in [7, 11) is 0. The number of carbonyl (C=O) groups is 2. The molecule has 0 N–H and O–H groups in total. The van der Waals surface area contributed by atoms with E-state index >= 15 is 0 Å². The van der Waals surface area contributed by atoms with Gasteiger partial charge in [-0.25, -0.2) is 4.79 Å². The number of hydrogen-bond acceptors (Lipinski definition) is 4. The van der Waals surface area contributed by atoms with Crippen molar-refractivity contribution >= 4 is 12.4 Å². The Morgan fingerprint density at radius 2 is 1.74 bits per heavy atom. The lowest BCUT2D eigenvalue weighted by atomic mass is 9.98. The fraction of sp³-hybridized carbons (Fsp3) is 0.364. The topological polar surface area (TPSA) is 55.8 Å². The zero-order valence-electron chi connectivity index (χ0n) is 15.3. The van der Waals surface area contributed by atoms with Gasteiger partial charge < -0.3 is 14.3 Å². The first-order valence-electron chi connectivity index (χ1n) is 9.41. The second kappa shape index (κ2) is 7.53. The van der Waals surface area contributed by atoms with Crippen LogP contribution in [0.5, 0.6) is 0 Å². The van der Waals surface area contributed by atoms with E-state index in [1.54, 1.807) is 0 Å². The third-order valence-electron chi connectivity index (χ3n) is 5.44. The molecule has 1 fully saturated rings. The van der Waals surface area contributed by atoms with E-state index < -0.39 is 12.1 Å². The number of likely N-dealkylation sites (tertiary alicyclic amines) is 1. The average Bonchev–Trinajstić information content (AvgIpc) is 3.26. The first-order valence-corrected chi connectivity index (χ1v) is 9.41. The third-order valence-corrected chi connectivity index (χ3v) is 5.44. The molecule has 1 aliphatic carbocycles. The summed E-state index contributed by atoms with van der Waals surface area (Å²) in [6, 6.07) is 16.0. The maximum atomic E-state index is 12.6. The van der Waals surface area contributed by atoms with Gasteiger partial charge in [0.1, 0.15) is 12.9 Å². The smallest absolute Gasteiger partial charge is 0.410 e. The number of hydrogen-bond donors (Lipinski definition) is 0. The normalized spacial score (nSPS) is 21.0. The molecule has 2 aromatic carbocycles. The van der Waals surface area contributed by atoms with E-state index in [0.717, 1.165) is 6.29 Å². The van der Waals surface area contributed by atoms with Gasteiger partial charge in [-0.1, -0.05) is 48.5 Å². The molecule has 5 nitrogen and oxygen atoms in total. The fourth-order valence-corrected chi connectivity index (χ4v) is 4.20. The van der Waals surface area contributed by atoms with E-state index in [4.69, 9.17) is 9.47 Å². The summed E-state index contributed by atoms with van der Waals surface area (Å²) in [6.45, 7) is 3.13. The number of benzene rings is 2. The van der Waals surface area contributed by atoms with Crippen LogP contribution in [0.1, 0.15) is 30.4 Å². The second-order valence-electron chi connectivity index (χ2n) is 6.97. The first kappa shape index (κ1) is 17.7. The van der Waals surface area contributed by atoms with Crippen molar-refractivity contribution in [2.24, 2.45) is 0 Å². The molecule has 0 bridgehead atoms. The van der Waals surface area contributed by atoms with Gasteiger partial charge in [0, 0.05) is 18.9 Å². The highest BCUT2D eigenvalue weighted by molar-refractivity contribution is 5.79. The summed E-state index contributed by atoms with van der Waals surface area (Å²) in [5.74, 6) is 0.0151. The average molecular weight is 365 g/mol. The van der Waals surface area contributed by atoms with Crippen molar-refractivity contribution in [1.29, 1.82) is 0 Å². The summed E-state index contributed by atoms with van der Waals surface area (Å²) < 4.78 is 11.2. The highest BCUT2D eigenvalue weighted by atomic mass is 16.6. The number of amides is 1. The van der Waals surface area contributed by atoms with Crippen molar-refractivity contribution in [2.45, 2.75) is 31.4 Å². The van der Waals surface area contributed by atoms with Crippen molar-refractivity contribution in [2.75, 3.05) is 19.8 Å². The van der Waals surface area contributed by atoms with E-state index in [1.807, 2.05) is 31.2 Å². The molecule has 140 valence electrons. The molecule has 2 atom stereocenters. The number of carbonyl (C=O) groups excluding carboxylic acids is 2. The molecule has 2 aliphatic rings. The zero-order valence-corrected chi connectivity index (χ0v) is 15.3. The van der Waals surface area contributed by atoms with Gasteiger partial charge in [0.2, 0.25) is 0 Å². The van der Waals surface area contributed by atoms with Gasteiger partial charge in [-0.2, -0.15) is 0 Å². The predicted octanol–water partition coefficient (Wildman–Crippen LogP) is 3.61. The standard InChI is InChI=1S/C22H23NO4/c1-2-26-16-11-15(13-24)23(12-16)22(25)27-14-21-19-9-5-3-7-17(19)18-8-4-6-10-20(18)21/h3-10,13,15-16,21H,2,11-12,14H2,1H3/t15-,16+/m0/s1. The molecule has 4 rings (SSSR count). The Kier molecular flexibility index (Phi) is 4.94. The van der Waals surface area contributed by atoms with Crippen LogP contribution in [0.2, 0.25) is 0 Å². The predicted molar refractivity (Wildman–Crippen MR) is 102 cm³/mol. The molecule has 0 spiro atoms. The van der Waals surface area contributed by atoms with Crippen LogP contribution in [0.15, 0.2) is 48.5 Å². The number of aldehydes is 1. The summed E-state index contributed by atoms with van der Waals surface area (Å²) >= 11 is 0. The molecule has 0 aromatic heterocycles. The van der Waals surface area contributed by atoms with E-state index in [0.29, 0.717) is 19.6 Å². The summed E-state index contributed by atoms with van der Waals surface area (Å²) in [5.41, 5.74) is 4.73. The molecule has 1 aliphatic heterocycles. The van der Waals surface area contributed by atoms with Gasteiger partial charge >= 0.3 is 6.09 Å². The quantitative estimate of drug-likeness (QED) is 0.760. The number of ether oxygens (including phenoxy) is 2. The summed E-state index contributed by atoms with van der Waals surface area (Å²) in [5, 5.41) is 0. The lowest BCUT2D eigenvalue weighted by Crippen LogP contribution is -2.38. The largest absolute Gasteiger partial charge is 0.448 e. The minimum atomic E-state index is -0.475. The highest BCUT2D eigenvalue weighted by Crippen LogP contribution is 2.44. The zero-order chi connectivity index (χ0) is 18.8. The van der Waals surface area contributed by atoms with Crippen LogP contribution >= 0.6 is 0 Å². The maximum Gasteiger partial charge on any atom is 0.410 e. The molecule has 1 amide bonds. The van der Waals surface area contributed by atoms with Crippen molar-refractivity contribution in [1.82, 2.24) is 4.90 Å². The van der Waals surface area contributed by atoms with Gasteiger partial charge in [0.05, 0.1) is 18.7 Å². The van der Waals surface area contributed by atoms with E-state index in [9.17, 15) is 9.59 Å². The van der Waals surface area contributed by atoms with Gasteiger partial charge in [0.15, 0.2) is 0 Å². The van der Waals surface area contributed by atoms with Gasteiger partial charge in [-0.15, -0.1) is 0 Å². The van der Waals surface area contributed by atoms with Gasteiger partial charge in [-0.3, -0.25) is 4.90 Å². The van der Waals surface area contributed by atoms with Crippen LogP contribution in [0.3, 0.4) is 0 Å². The molecule has 0 unspecified atom stereocenters. The Bertz CT molecular complexity index is 804. The Morgan fingerprint density at radius 1 is 1.11 bits per heavy atom. The van der Waals surface area contributed by atoms with Gasteiger partial charge in [0.25, 0.3) is 0 Å². The minimum absolute atomic E-state index is 0.0151. The Balaban J connectivity index is 1.49. The molecule has 27 heavy (non-hydrogen) atoms. The highest BCUT2D eigenvalue weighted by Gasteiger charge is 2.37. The number of fused-ring (bicyclic) bond motifs is 3. The Labute approximate surface area is 158 Å². The number of rotatable bonds is 5. The lowest BCUT2D eigenvalue weighted by molar-refractivity contribution is -0.111. The van der Waals surface area contributed by atoms with Crippen LogP contribution < -0.4 is 0 Å². The van der Waals surface area contributed by atoms with E-state index in [-0.39, 0.29) is 18.6 Å². The molecular formula is C22H23NO4. The van der Waals surface area contributed by atoms with Crippen LogP contribution in [-0.2, 0) is 14.3 Å². The van der Waals surface area contributed by atoms with Crippen LogP contribution in [-0.4, -0.2) is 49.2 Å². The SMILES string of the molecule is CCO[C@@H]1C[C@@H](C=O)N(C(=O)OCC2c3ccccc3-c3ccccc32)C1. The Hall–Kier alpha value is -2.66. The monoisotopic (exact) mass is 365 g/mol. The van der Waals surface area contributed by atoms with Crippen LogP contribution in [0, 0.1) is 0 Å². The lowest BCUT2D eigenvalue weighted by Gasteiger charge is -2.21. The minimum Gasteiger partial charge on any atom is -0.448 e. The number of nitrogens with zero attached hydrogens (tertiary/aromatic N) is 1. The molecule has 1 heterocycles. The van der Waals surface area contributed by atoms with Crippen molar-refractivity contribution in [3.8, 4) is 11.1 Å². The molecule has 0 radical (unpaired) electrons. The molecule has 5 heteroatoms. The first-order chi connectivity index (χ1) is 13.2. The second-order valence-corrected chi connectivity index (χ2v) is 6.97. The van der Waals surface area contributed by atoms with E-state index in [2.05, 4.69) is 24.3 Å². The molecule has 1 saturated heterocycles. The Morgan fingerprint density at radius 3 is 2.33 bits per heavy atom. The third kappa shape index (κ3) is 3.23. The van der Waals surface area contributed by atoms with Crippen LogP contribution in [0.25, 0.3) is 11.1 Å². The molecular weight excluding hydrogens is 342 g/mol. The summed E-state index contributed by atoms with van der Waals surface area (Å²) in [4.78, 5) is 25.5. The molecule has 0 saturated carbocycles. The fourth-order valence-electron chi connectivity index (χ4n) is 4.20. The van der Waals surface area contributed by atoms with E-state index in [1.165, 1.54) is 27.2 Å². The van der Waals surface area contributed by atoms with Crippen molar-refractivity contribution < 1.29 is 19.1 Å². The summed E-state index contributed by atoms with van der Waals surface area (Å²) in [6.07, 6.45) is 0.781. The van der Waals surface area contributed by atoms with Crippen LogP contribution in [0.4, 0.5) is 4.79 Å². The molecule has 2 aromatic rings.